The minimum Gasteiger partial charge on any atom is -0.497 e. The highest BCUT2D eigenvalue weighted by atomic mass is 16.5. The van der Waals surface area contributed by atoms with Gasteiger partial charge in [-0.15, -0.1) is 0 Å². The van der Waals surface area contributed by atoms with E-state index in [1.165, 1.54) is 197 Å². The van der Waals surface area contributed by atoms with E-state index in [9.17, 15) is 9.59 Å². The third kappa shape index (κ3) is 22.0. The minimum atomic E-state index is -0.287. The maximum absolute atomic E-state index is 11.6. The van der Waals surface area contributed by atoms with Gasteiger partial charge in [0.15, 0.2) is 0 Å². The highest BCUT2D eigenvalue weighted by Gasteiger charge is 2.36. The molecule has 0 amide bonds. The van der Waals surface area contributed by atoms with Crippen LogP contribution in [0.15, 0.2) is 97.1 Å². The Bertz CT molecular complexity index is 1920. The molecule has 0 atom stereocenters. The summed E-state index contributed by atoms with van der Waals surface area (Å²) >= 11 is 0. The topological polar surface area (TPSA) is 71.1 Å². The van der Waals surface area contributed by atoms with Gasteiger partial charge in [0.1, 0.15) is 23.0 Å². The molecule has 4 aromatic carbocycles. The fourth-order valence-corrected chi connectivity index (χ4v) is 10.8. The Balaban J connectivity index is 0.000000557. The van der Waals surface area contributed by atoms with Gasteiger partial charge in [-0.05, 0) is 96.5 Å². The number of carbonyl (C=O) groups is 2. The molecule has 4 aromatic rings. The van der Waals surface area contributed by atoms with Crippen LogP contribution in [-0.2, 0) is 20.4 Å². The molecule has 1 fully saturated rings. The highest BCUT2D eigenvalue weighted by molar-refractivity contribution is 5.69. The lowest BCUT2D eigenvalue weighted by Gasteiger charge is -2.38. The summed E-state index contributed by atoms with van der Waals surface area (Å²) in [6, 6.07) is 33.7. The number of hydrogen-bond donors (Lipinski definition) is 0. The number of methoxy groups -OCH3 is 2. The quantitative estimate of drug-likeness (QED) is 0.0276. The summed E-state index contributed by atoms with van der Waals surface area (Å²) in [6.07, 6.45) is 38.2. The van der Waals surface area contributed by atoms with E-state index < -0.39 is 0 Å². The van der Waals surface area contributed by atoms with Gasteiger partial charge in [0.25, 0.3) is 0 Å². The molecule has 396 valence electrons. The number of esters is 2. The van der Waals surface area contributed by atoms with E-state index in [4.69, 9.17) is 18.9 Å². The van der Waals surface area contributed by atoms with Crippen molar-refractivity contribution in [1.29, 1.82) is 0 Å². The van der Waals surface area contributed by atoms with Crippen LogP contribution in [-0.4, -0.2) is 26.2 Å². The normalized spacial score (nSPS) is 12.9. The van der Waals surface area contributed by atoms with Crippen molar-refractivity contribution in [2.24, 2.45) is 0 Å². The molecule has 1 aliphatic rings. The molecule has 0 bridgehead atoms. The SMILES string of the molecule is C.C.CCCCCCCCCCCCCC(CCCCCCCCCCCCC)(c1ccc(OC)cc1)c1ccc(OC(C)=O)cc1.COc1ccc(C2(c3ccc(OC(C)=O)cc3)CCCCC2)cc1. The first kappa shape index (κ1) is 62.5. The zero-order valence-electron chi connectivity index (χ0n) is 44.2. The van der Waals surface area contributed by atoms with Crippen molar-refractivity contribution in [3.8, 4) is 23.0 Å². The predicted molar refractivity (Wildman–Crippen MR) is 302 cm³/mol. The highest BCUT2D eigenvalue weighted by Crippen LogP contribution is 2.46. The minimum absolute atomic E-state index is 0. The van der Waals surface area contributed by atoms with Crippen molar-refractivity contribution in [3.05, 3.63) is 119 Å². The van der Waals surface area contributed by atoms with Gasteiger partial charge in [-0.1, -0.05) is 238 Å². The molecule has 0 aliphatic heterocycles. The van der Waals surface area contributed by atoms with Crippen LogP contribution < -0.4 is 18.9 Å². The molecule has 0 unspecified atom stereocenters. The summed E-state index contributed by atoms with van der Waals surface area (Å²) in [4.78, 5) is 22.7. The second kappa shape index (κ2) is 36.4. The van der Waals surface area contributed by atoms with Gasteiger partial charge in [0.2, 0.25) is 0 Å². The molecule has 5 rings (SSSR count). The lowest BCUT2D eigenvalue weighted by molar-refractivity contribution is -0.132. The van der Waals surface area contributed by atoms with E-state index >= 15 is 0 Å². The van der Waals surface area contributed by atoms with Crippen molar-refractivity contribution < 1.29 is 28.5 Å². The molecular weight excluding hydrogens is 877 g/mol. The smallest absolute Gasteiger partial charge is 0.308 e. The molecule has 71 heavy (non-hydrogen) atoms. The Morgan fingerprint density at radius 1 is 0.408 bits per heavy atom. The molecule has 0 radical (unpaired) electrons. The van der Waals surface area contributed by atoms with Crippen LogP contribution in [0, 0.1) is 0 Å². The fourth-order valence-electron chi connectivity index (χ4n) is 10.8. The van der Waals surface area contributed by atoms with Crippen LogP contribution >= 0.6 is 0 Å². The number of rotatable bonds is 32. The van der Waals surface area contributed by atoms with E-state index in [-0.39, 0.29) is 37.6 Å². The van der Waals surface area contributed by atoms with Crippen LogP contribution in [0.25, 0.3) is 0 Å². The zero-order valence-corrected chi connectivity index (χ0v) is 44.2. The Morgan fingerprint density at radius 2 is 0.690 bits per heavy atom. The number of carbonyl (C=O) groups excluding carboxylic acids is 2. The summed E-state index contributed by atoms with van der Waals surface area (Å²) in [5.74, 6) is 2.46. The van der Waals surface area contributed by atoms with Crippen LogP contribution in [0.5, 0.6) is 23.0 Å². The Morgan fingerprint density at radius 3 is 1.00 bits per heavy atom. The zero-order chi connectivity index (χ0) is 49.4. The second-order valence-electron chi connectivity index (χ2n) is 20.0. The molecule has 1 aliphatic carbocycles. The Hall–Kier alpha value is -4.58. The fraction of sp³-hybridized carbons (Fsp3) is 0.600. The molecule has 0 saturated heterocycles. The number of benzene rings is 4. The van der Waals surface area contributed by atoms with Crippen LogP contribution in [0.4, 0.5) is 0 Å². The first-order valence-corrected chi connectivity index (χ1v) is 27.6. The van der Waals surface area contributed by atoms with E-state index in [1.54, 1.807) is 14.2 Å². The predicted octanol–water partition coefficient (Wildman–Crippen LogP) is 19.5. The van der Waals surface area contributed by atoms with Gasteiger partial charge in [-0.3, -0.25) is 9.59 Å². The van der Waals surface area contributed by atoms with Gasteiger partial charge >= 0.3 is 11.9 Å². The third-order valence-electron chi connectivity index (χ3n) is 14.7. The van der Waals surface area contributed by atoms with Gasteiger partial charge in [0, 0.05) is 24.7 Å². The number of unbranched alkanes of at least 4 members (excludes halogenated alkanes) is 20. The Kier molecular flexibility index (Phi) is 32.0. The summed E-state index contributed by atoms with van der Waals surface area (Å²) in [5, 5.41) is 0. The van der Waals surface area contributed by atoms with E-state index in [0.717, 1.165) is 37.2 Å². The van der Waals surface area contributed by atoms with Crippen molar-refractivity contribution in [1.82, 2.24) is 0 Å². The summed E-state index contributed by atoms with van der Waals surface area (Å²) < 4.78 is 21.4. The number of ether oxygens (including phenoxy) is 4. The van der Waals surface area contributed by atoms with Crippen LogP contribution in [0.3, 0.4) is 0 Å². The average Bonchev–Trinajstić information content (AvgIpc) is 3.37. The molecule has 6 nitrogen and oxygen atoms in total. The van der Waals surface area contributed by atoms with E-state index in [0.29, 0.717) is 11.5 Å². The summed E-state index contributed by atoms with van der Waals surface area (Å²) in [5.41, 5.74) is 5.33. The maximum Gasteiger partial charge on any atom is 0.308 e. The van der Waals surface area contributed by atoms with Crippen molar-refractivity contribution in [3.63, 3.8) is 0 Å². The lowest BCUT2D eigenvalue weighted by Crippen LogP contribution is -2.30. The summed E-state index contributed by atoms with van der Waals surface area (Å²) in [6.45, 7) is 7.47. The molecule has 0 heterocycles. The number of hydrogen-bond acceptors (Lipinski definition) is 6. The van der Waals surface area contributed by atoms with Gasteiger partial charge in [-0.25, -0.2) is 0 Å². The van der Waals surface area contributed by atoms with E-state index in [2.05, 4.69) is 74.5 Å². The second-order valence-corrected chi connectivity index (χ2v) is 20.0. The summed E-state index contributed by atoms with van der Waals surface area (Å²) in [7, 11) is 3.44. The lowest BCUT2D eigenvalue weighted by atomic mass is 9.65. The van der Waals surface area contributed by atoms with Gasteiger partial charge < -0.3 is 18.9 Å². The van der Waals surface area contributed by atoms with E-state index in [1.807, 2.05) is 36.4 Å². The molecular formula is C65H100O6. The molecule has 6 heteroatoms. The first-order valence-electron chi connectivity index (χ1n) is 27.6. The molecule has 0 aromatic heterocycles. The molecule has 0 spiro atoms. The molecule has 0 N–H and O–H groups in total. The largest absolute Gasteiger partial charge is 0.497 e. The average molecular weight is 978 g/mol. The van der Waals surface area contributed by atoms with Crippen LogP contribution in [0.2, 0.25) is 0 Å². The molecule has 1 saturated carbocycles. The van der Waals surface area contributed by atoms with Gasteiger partial charge in [-0.2, -0.15) is 0 Å². The standard InChI is InChI=1S/C42H68O3.C21H24O3.2CH4/c1-5-7-9-11-13-15-17-19-21-23-25-35-42(38-27-31-40(44-4)32-28-38,39-29-33-41(34-30-39)45-37(3)43)36-26-24-22-20-18-16-14-12-10-8-6-2;1-16(22)24-20-12-8-18(9-13-20)21(14-4-3-5-15-21)17-6-10-19(23-2)11-7-17;;/h27-34H,5-26,35-36H2,1-4H3;6-13H,3-5,14-15H2,1-2H3;2*1H4. The third-order valence-corrected chi connectivity index (χ3v) is 14.7. The monoisotopic (exact) mass is 977 g/mol. The van der Waals surface area contributed by atoms with Crippen LogP contribution in [0.1, 0.15) is 251 Å². The van der Waals surface area contributed by atoms with Crippen molar-refractivity contribution >= 4 is 11.9 Å². The maximum atomic E-state index is 11.6. The Labute approximate surface area is 434 Å². The van der Waals surface area contributed by atoms with Crippen molar-refractivity contribution in [2.45, 2.75) is 240 Å². The first-order chi connectivity index (χ1) is 33.7. The van der Waals surface area contributed by atoms with Crippen molar-refractivity contribution in [2.75, 3.05) is 14.2 Å². The van der Waals surface area contributed by atoms with Gasteiger partial charge in [0.05, 0.1) is 14.2 Å².